The molecule has 0 fully saturated rings. The molecule has 0 aliphatic heterocycles. The van der Waals surface area contributed by atoms with Gasteiger partial charge in [0.1, 0.15) is 0 Å². The Morgan fingerprint density at radius 3 is 2.61 bits per heavy atom. The van der Waals surface area contributed by atoms with Crippen molar-refractivity contribution >= 4 is 5.97 Å². The van der Waals surface area contributed by atoms with Crippen LogP contribution >= 0.6 is 0 Å². The number of hydrogen-bond donors (Lipinski definition) is 2. The predicted molar refractivity (Wildman–Crippen MR) is 111 cm³/mol. The van der Waals surface area contributed by atoms with Crippen molar-refractivity contribution in [1.29, 1.82) is 0 Å². The van der Waals surface area contributed by atoms with Gasteiger partial charge in [-0.05, 0) is 45.1 Å². The number of carbonyl (C=O) groups is 1. The molecule has 2 N–H and O–H groups in total. The molecule has 0 aromatic heterocycles. The highest BCUT2D eigenvalue weighted by atomic mass is 16.5. The van der Waals surface area contributed by atoms with Crippen LogP contribution in [0.5, 0.6) is 0 Å². The lowest BCUT2D eigenvalue weighted by Gasteiger charge is -2.28. The average molecular weight is 391 g/mol. The van der Waals surface area contributed by atoms with E-state index in [9.17, 15) is 15.0 Å². The Morgan fingerprint density at radius 2 is 2.00 bits per heavy atom. The van der Waals surface area contributed by atoms with Crippen LogP contribution in [-0.2, 0) is 20.9 Å². The first-order chi connectivity index (χ1) is 13.3. The Morgan fingerprint density at radius 1 is 1.32 bits per heavy atom. The minimum atomic E-state index is -1.15. The monoisotopic (exact) mass is 390 g/mol. The molecule has 0 aliphatic carbocycles. The number of carbonyl (C=O) groups excluding carboxylic acids is 1. The van der Waals surface area contributed by atoms with Gasteiger partial charge in [0.15, 0.2) is 0 Å². The van der Waals surface area contributed by atoms with Crippen LogP contribution in [0.4, 0.5) is 0 Å². The fraction of sp³-hybridized carbons (Fsp3) is 0.522. The molecule has 1 aromatic carbocycles. The fourth-order valence-corrected chi connectivity index (χ4v) is 2.80. The first kappa shape index (κ1) is 24.1. The molecule has 0 amide bonds. The molecule has 3 atom stereocenters. The molecule has 5 heteroatoms. The van der Waals surface area contributed by atoms with Gasteiger partial charge in [0.05, 0.1) is 24.9 Å². The third kappa shape index (κ3) is 9.31. The molecule has 5 nitrogen and oxygen atoms in total. The van der Waals surface area contributed by atoms with Crippen LogP contribution in [0, 0.1) is 5.92 Å². The molecule has 0 heterocycles. The van der Waals surface area contributed by atoms with E-state index in [-0.39, 0.29) is 18.3 Å². The van der Waals surface area contributed by atoms with Crippen molar-refractivity contribution < 1.29 is 24.5 Å². The van der Waals surface area contributed by atoms with Gasteiger partial charge >= 0.3 is 5.97 Å². The van der Waals surface area contributed by atoms with Crippen molar-refractivity contribution in [2.45, 2.75) is 58.3 Å². The molecule has 1 aromatic rings. The third-order valence-corrected chi connectivity index (χ3v) is 4.68. The first-order valence-electron chi connectivity index (χ1n) is 9.78. The zero-order chi connectivity index (χ0) is 21.0. The van der Waals surface area contributed by atoms with E-state index in [2.05, 4.69) is 6.58 Å². The minimum Gasteiger partial charge on any atom is -0.463 e. The molecule has 28 heavy (non-hydrogen) atoms. The Balaban J connectivity index is 2.66. The molecule has 0 aliphatic rings. The van der Waals surface area contributed by atoms with Crippen molar-refractivity contribution in [3.05, 3.63) is 60.2 Å². The Labute approximate surface area is 168 Å². The number of rotatable bonds is 13. The SMILES string of the molecule is C=CC(C)(O)C[C@@H](O)[C@H](C/C=C(\C)C(=O)OCC)CCOCc1ccccc1. The summed E-state index contributed by atoms with van der Waals surface area (Å²) in [6.45, 7) is 10.00. The molecule has 156 valence electrons. The molecule has 0 radical (unpaired) electrons. The lowest BCUT2D eigenvalue weighted by molar-refractivity contribution is -0.138. The second kappa shape index (κ2) is 12.5. The molecule has 1 unspecified atom stereocenters. The van der Waals surface area contributed by atoms with Crippen molar-refractivity contribution in [2.24, 2.45) is 5.92 Å². The molecule has 1 rings (SSSR count). The summed E-state index contributed by atoms with van der Waals surface area (Å²) in [5, 5.41) is 20.8. The van der Waals surface area contributed by atoms with Crippen LogP contribution in [0.3, 0.4) is 0 Å². The largest absolute Gasteiger partial charge is 0.463 e. The maximum Gasteiger partial charge on any atom is 0.333 e. The Kier molecular flexibility index (Phi) is 10.8. The number of allylic oxidation sites excluding steroid dienone is 1. The van der Waals surface area contributed by atoms with Crippen molar-refractivity contribution in [1.82, 2.24) is 0 Å². The number of aliphatic hydroxyl groups excluding tert-OH is 1. The van der Waals surface area contributed by atoms with Crippen LogP contribution in [-0.4, -0.2) is 41.1 Å². The van der Waals surface area contributed by atoms with Crippen LogP contribution in [0.25, 0.3) is 0 Å². The molecule has 0 saturated heterocycles. The standard InChI is InChI=1S/C23H34O5/c1-5-23(4,26)16-21(24)20(13-12-18(3)22(25)28-6-2)14-15-27-17-19-10-8-7-9-11-19/h5,7-12,20-21,24,26H,1,6,13-17H2,2-4H3/b18-12+/t20-,21-,23?/m1/s1. The number of aliphatic hydroxyl groups is 2. The third-order valence-electron chi connectivity index (χ3n) is 4.68. The van der Waals surface area contributed by atoms with Gasteiger partial charge in [-0.3, -0.25) is 0 Å². The topological polar surface area (TPSA) is 76.0 Å². The van der Waals surface area contributed by atoms with E-state index in [4.69, 9.17) is 9.47 Å². The zero-order valence-corrected chi connectivity index (χ0v) is 17.3. The highest BCUT2D eigenvalue weighted by Gasteiger charge is 2.26. The lowest BCUT2D eigenvalue weighted by Crippen LogP contribution is -2.32. The smallest absolute Gasteiger partial charge is 0.333 e. The summed E-state index contributed by atoms with van der Waals surface area (Å²) in [5.74, 6) is -0.513. The van der Waals surface area contributed by atoms with Gasteiger partial charge in [-0.1, -0.05) is 42.5 Å². The summed E-state index contributed by atoms with van der Waals surface area (Å²) in [4.78, 5) is 11.8. The van der Waals surface area contributed by atoms with Gasteiger partial charge in [0.25, 0.3) is 0 Å². The van der Waals surface area contributed by atoms with E-state index in [1.165, 1.54) is 6.08 Å². The first-order valence-corrected chi connectivity index (χ1v) is 9.78. The van der Waals surface area contributed by atoms with Gasteiger partial charge in [0.2, 0.25) is 0 Å². The summed E-state index contributed by atoms with van der Waals surface area (Å²) in [6, 6.07) is 9.88. The molecule has 0 saturated carbocycles. The molecular weight excluding hydrogens is 356 g/mol. The van der Waals surface area contributed by atoms with Crippen molar-refractivity contribution in [3.63, 3.8) is 0 Å². The van der Waals surface area contributed by atoms with Crippen molar-refractivity contribution in [3.8, 4) is 0 Å². The normalized spacial score (nSPS) is 16.1. The van der Waals surface area contributed by atoms with E-state index in [1.54, 1.807) is 26.8 Å². The summed E-state index contributed by atoms with van der Waals surface area (Å²) in [6.07, 6.45) is 3.73. The van der Waals surface area contributed by atoms with Gasteiger partial charge < -0.3 is 19.7 Å². The van der Waals surface area contributed by atoms with Gasteiger partial charge in [0, 0.05) is 18.6 Å². The second-order valence-corrected chi connectivity index (χ2v) is 7.26. The van der Waals surface area contributed by atoms with Crippen LogP contribution in [0.2, 0.25) is 0 Å². The maximum atomic E-state index is 11.8. The van der Waals surface area contributed by atoms with E-state index in [0.29, 0.717) is 38.2 Å². The van der Waals surface area contributed by atoms with Crippen LogP contribution in [0.1, 0.15) is 45.6 Å². The number of esters is 1. The number of ether oxygens (including phenoxy) is 2. The van der Waals surface area contributed by atoms with Crippen molar-refractivity contribution in [2.75, 3.05) is 13.2 Å². The van der Waals surface area contributed by atoms with Gasteiger partial charge in [-0.2, -0.15) is 0 Å². The van der Waals surface area contributed by atoms with Crippen LogP contribution < -0.4 is 0 Å². The highest BCUT2D eigenvalue weighted by molar-refractivity contribution is 5.87. The molecule has 0 spiro atoms. The fourth-order valence-electron chi connectivity index (χ4n) is 2.80. The second-order valence-electron chi connectivity index (χ2n) is 7.26. The van der Waals surface area contributed by atoms with E-state index in [0.717, 1.165) is 5.56 Å². The maximum absolute atomic E-state index is 11.8. The van der Waals surface area contributed by atoms with E-state index in [1.807, 2.05) is 30.3 Å². The Hall–Kier alpha value is -1.95. The van der Waals surface area contributed by atoms with E-state index < -0.39 is 11.7 Å². The van der Waals surface area contributed by atoms with Crippen LogP contribution in [0.15, 0.2) is 54.6 Å². The summed E-state index contributed by atoms with van der Waals surface area (Å²) >= 11 is 0. The lowest BCUT2D eigenvalue weighted by atomic mass is 9.86. The predicted octanol–water partition coefficient (Wildman–Crippen LogP) is 3.80. The summed E-state index contributed by atoms with van der Waals surface area (Å²) < 4.78 is 10.7. The Bertz CT molecular complexity index is 621. The molecular formula is C23H34O5. The van der Waals surface area contributed by atoms with Gasteiger partial charge in [-0.25, -0.2) is 4.79 Å². The minimum absolute atomic E-state index is 0.161. The van der Waals surface area contributed by atoms with Gasteiger partial charge in [-0.15, -0.1) is 6.58 Å². The zero-order valence-electron chi connectivity index (χ0n) is 17.3. The summed E-state index contributed by atoms with van der Waals surface area (Å²) in [5.41, 5.74) is 0.453. The number of hydrogen-bond acceptors (Lipinski definition) is 5. The number of benzene rings is 1. The van der Waals surface area contributed by atoms with E-state index >= 15 is 0 Å². The summed E-state index contributed by atoms with van der Waals surface area (Å²) in [7, 11) is 0. The molecule has 0 bridgehead atoms. The average Bonchev–Trinajstić information content (AvgIpc) is 2.67. The quantitative estimate of drug-likeness (QED) is 0.232. The highest BCUT2D eigenvalue weighted by Crippen LogP contribution is 2.24.